The lowest BCUT2D eigenvalue weighted by molar-refractivity contribution is 0.914. The number of aryl methyl sites for hydroxylation is 1. The first-order valence-corrected chi connectivity index (χ1v) is 7.58. The molecule has 0 bridgehead atoms. The number of hydrogen-bond acceptors (Lipinski definition) is 6. The van der Waals surface area contributed by atoms with Crippen LogP contribution in [0.3, 0.4) is 0 Å². The fourth-order valence-corrected chi connectivity index (χ4v) is 4.23. The summed E-state index contributed by atoms with van der Waals surface area (Å²) in [6.45, 7) is 0. The third-order valence-corrected chi connectivity index (χ3v) is 5.13. The van der Waals surface area contributed by atoms with Crippen LogP contribution in [0.15, 0.2) is 12.7 Å². The molecule has 5 rings (SSSR count). The van der Waals surface area contributed by atoms with Crippen LogP contribution in [-0.2, 0) is 12.8 Å². The van der Waals surface area contributed by atoms with Gasteiger partial charge in [0.15, 0.2) is 17.1 Å². The molecule has 0 aliphatic heterocycles. The number of nitrogens with zero attached hydrogens (tertiary/aromatic N) is 5. The van der Waals surface area contributed by atoms with E-state index in [0.717, 1.165) is 40.4 Å². The summed E-state index contributed by atoms with van der Waals surface area (Å²) in [4.78, 5) is 12.9. The third kappa shape index (κ3) is 1.37. The predicted octanol–water partition coefficient (Wildman–Crippen LogP) is 1.80. The molecule has 0 spiro atoms. The van der Waals surface area contributed by atoms with Gasteiger partial charge < -0.3 is 10.7 Å². The Bertz CT molecular complexity index is 993. The van der Waals surface area contributed by atoms with Crippen LogP contribution >= 0.6 is 11.3 Å². The van der Waals surface area contributed by atoms with Gasteiger partial charge in [0.2, 0.25) is 0 Å². The molecule has 7 nitrogen and oxygen atoms in total. The number of H-pyrrole nitrogens is 1. The van der Waals surface area contributed by atoms with Crippen molar-refractivity contribution in [2.45, 2.75) is 19.3 Å². The summed E-state index contributed by atoms with van der Waals surface area (Å²) in [7, 11) is 0. The highest BCUT2D eigenvalue weighted by Crippen LogP contribution is 2.42. The minimum Gasteiger partial charge on any atom is -0.390 e. The predicted molar refractivity (Wildman–Crippen MR) is 80.2 cm³/mol. The number of nitrogens with one attached hydrogen (secondary N) is 1. The SMILES string of the molecule is Nc1sc2c(c1-c1nnc3c4[nH]cnc4ncn13)CCC2. The van der Waals surface area contributed by atoms with E-state index < -0.39 is 0 Å². The van der Waals surface area contributed by atoms with Crippen molar-refractivity contribution >= 4 is 33.1 Å². The lowest BCUT2D eigenvalue weighted by Crippen LogP contribution is -1.96. The molecule has 0 saturated heterocycles. The van der Waals surface area contributed by atoms with E-state index in [0.29, 0.717) is 5.65 Å². The van der Waals surface area contributed by atoms with Crippen LogP contribution in [0.5, 0.6) is 0 Å². The van der Waals surface area contributed by atoms with Gasteiger partial charge in [0.05, 0.1) is 16.9 Å². The molecule has 8 heteroatoms. The second-order valence-electron chi connectivity index (χ2n) is 5.16. The molecule has 4 aromatic heterocycles. The van der Waals surface area contributed by atoms with E-state index in [-0.39, 0.29) is 0 Å². The third-order valence-electron chi connectivity index (χ3n) is 4.01. The van der Waals surface area contributed by atoms with Gasteiger partial charge in [-0.3, -0.25) is 4.40 Å². The molecule has 0 atom stereocenters. The van der Waals surface area contributed by atoms with Crippen molar-refractivity contribution in [3.05, 3.63) is 23.1 Å². The van der Waals surface area contributed by atoms with Gasteiger partial charge in [0.25, 0.3) is 0 Å². The average Bonchev–Trinajstić information content (AvgIpc) is 3.18. The lowest BCUT2D eigenvalue weighted by atomic mass is 10.1. The number of aromatic amines is 1. The standard InChI is InChI=1S/C13H11N7S/c14-10-8(6-2-1-3-7(6)21-10)12-18-19-13-9-11(16-4-15-9)17-5-20(12)13/h4-5H,1-3,14H2,(H,15,16). The second kappa shape index (κ2) is 3.79. The van der Waals surface area contributed by atoms with E-state index >= 15 is 0 Å². The van der Waals surface area contributed by atoms with E-state index in [1.54, 1.807) is 24.0 Å². The lowest BCUT2D eigenvalue weighted by Gasteiger charge is -2.02. The second-order valence-corrected chi connectivity index (χ2v) is 6.30. The molecule has 0 saturated carbocycles. The van der Waals surface area contributed by atoms with Crippen molar-refractivity contribution in [1.29, 1.82) is 0 Å². The van der Waals surface area contributed by atoms with E-state index in [1.165, 1.54) is 16.9 Å². The summed E-state index contributed by atoms with van der Waals surface area (Å²) in [5.74, 6) is 0.769. The normalized spacial score (nSPS) is 14.3. The van der Waals surface area contributed by atoms with Gasteiger partial charge in [-0.15, -0.1) is 21.5 Å². The number of nitrogen functional groups attached to an aromatic ring is 1. The minimum absolute atomic E-state index is 0.643. The molecule has 0 unspecified atom stereocenters. The van der Waals surface area contributed by atoms with E-state index in [1.807, 2.05) is 4.40 Å². The molecule has 0 amide bonds. The molecule has 0 aromatic carbocycles. The molecule has 4 aromatic rings. The molecular formula is C13H11N7S. The van der Waals surface area contributed by atoms with E-state index in [4.69, 9.17) is 5.73 Å². The summed E-state index contributed by atoms with van der Waals surface area (Å²) >= 11 is 1.67. The maximum absolute atomic E-state index is 6.22. The maximum atomic E-state index is 6.22. The Morgan fingerprint density at radius 3 is 3.14 bits per heavy atom. The zero-order valence-corrected chi connectivity index (χ0v) is 11.8. The van der Waals surface area contributed by atoms with Crippen LogP contribution in [-0.4, -0.2) is 29.5 Å². The van der Waals surface area contributed by atoms with E-state index in [9.17, 15) is 0 Å². The zero-order valence-electron chi connectivity index (χ0n) is 11.0. The molecule has 0 fully saturated rings. The van der Waals surface area contributed by atoms with E-state index in [2.05, 4.69) is 25.1 Å². The first-order valence-electron chi connectivity index (χ1n) is 6.76. The van der Waals surface area contributed by atoms with Crippen molar-refractivity contribution in [2.24, 2.45) is 0 Å². The number of aromatic nitrogens is 6. The average molecular weight is 297 g/mol. The Balaban J connectivity index is 1.86. The van der Waals surface area contributed by atoms with Crippen molar-refractivity contribution in [1.82, 2.24) is 29.5 Å². The van der Waals surface area contributed by atoms with Crippen LogP contribution in [0.2, 0.25) is 0 Å². The Labute approximate surface area is 122 Å². The Kier molecular flexibility index (Phi) is 2.02. The number of anilines is 1. The number of fused-ring (bicyclic) bond motifs is 4. The quantitative estimate of drug-likeness (QED) is 0.558. The monoisotopic (exact) mass is 297 g/mol. The molecular weight excluding hydrogens is 286 g/mol. The summed E-state index contributed by atoms with van der Waals surface area (Å²) in [6.07, 6.45) is 6.69. The van der Waals surface area contributed by atoms with Gasteiger partial charge in [-0.05, 0) is 24.8 Å². The summed E-state index contributed by atoms with van der Waals surface area (Å²) in [5.41, 5.74) is 10.7. The van der Waals surface area contributed by atoms with Crippen molar-refractivity contribution in [3.63, 3.8) is 0 Å². The highest BCUT2D eigenvalue weighted by Gasteiger charge is 2.25. The topological polar surface area (TPSA) is 97.8 Å². The number of hydrogen-bond donors (Lipinski definition) is 2. The van der Waals surface area contributed by atoms with Gasteiger partial charge in [-0.2, -0.15) is 0 Å². The molecule has 104 valence electrons. The highest BCUT2D eigenvalue weighted by atomic mass is 32.1. The van der Waals surface area contributed by atoms with Crippen LogP contribution in [0, 0.1) is 0 Å². The molecule has 21 heavy (non-hydrogen) atoms. The number of rotatable bonds is 1. The molecule has 3 N–H and O–H groups in total. The molecule has 0 radical (unpaired) electrons. The summed E-state index contributed by atoms with van der Waals surface area (Å²) in [5, 5.41) is 9.47. The highest BCUT2D eigenvalue weighted by molar-refractivity contribution is 7.16. The van der Waals surface area contributed by atoms with Gasteiger partial charge in [0.1, 0.15) is 11.8 Å². The zero-order chi connectivity index (χ0) is 14.0. The number of nitrogens with two attached hydrogens (primary N) is 1. The maximum Gasteiger partial charge on any atom is 0.190 e. The number of thiophene rings is 1. The smallest absolute Gasteiger partial charge is 0.190 e. The Morgan fingerprint density at radius 1 is 1.24 bits per heavy atom. The molecule has 1 aliphatic rings. The van der Waals surface area contributed by atoms with Crippen molar-refractivity contribution < 1.29 is 0 Å². The molecule has 4 heterocycles. The van der Waals surface area contributed by atoms with Gasteiger partial charge in [0, 0.05) is 4.88 Å². The number of imidazole rings is 1. The fourth-order valence-electron chi connectivity index (χ4n) is 3.07. The first-order chi connectivity index (χ1) is 10.3. The van der Waals surface area contributed by atoms with Crippen LogP contribution in [0.25, 0.3) is 28.2 Å². The summed E-state index contributed by atoms with van der Waals surface area (Å²) in [6, 6.07) is 0. The van der Waals surface area contributed by atoms with Crippen LogP contribution < -0.4 is 5.73 Å². The Hall–Kier alpha value is -2.48. The minimum atomic E-state index is 0.643. The summed E-state index contributed by atoms with van der Waals surface area (Å²) < 4.78 is 1.89. The van der Waals surface area contributed by atoms with Gasteiger partial charge in [-0.25, -0.2) is 9.97 Å². The van der Waals surface area contributed by atoms with Gasteiger partial charge in [-0.1, -0.05) is 0 Å². The van der Waals surface area contributed by atoms with Crippen molar-refractivity contribution in [2.75, 3.05) is 5.73 Å². The van der Waals surface area contributed by atoms with Crippen LogP contribution in [0.1, 0.15) is 16.9 Å². The van der Waals surface area contributed by atoms with Crippen LogP contribution in [0.4, 0.5) is 5.00 Å². The molecule has 1 aliphatic carbocycles. The first kappa shape index (κ1) is 11.2. The van der Waals surface area contributed by atoms with Crippen molar-refractivity contribution in [3.8, 4) is 11.4 Å². The largest absolute Gasteiger partial charge is 0.390 e. The Morgan fingerprint density at radius 2 is 2.19 bits per heavy atom. The fraction of sp³-hybridized carbons (Fsp3) is 0.231. The van der Waals surface area contributed by atoms with Gasteiger partial charge >= 0.3 is 0 Å².